The van der Waals surface area contributed by atoms with Gasteiger partial charge in [0.05, 0.1) is 0 Å². The van der Waals surface area contributed by atoms with Gasteiger partial charge in [0.25, 0.3) is 0 Å². The van der Waals surface area contributed by atoms with Gasteiger partial charge in [0.15, 0.2) is 11.5 Å². The molecule has 1 unspecified atom stereocenters. The normalized spacial score (nSPS) is 21.4. The molecular weight excluding hydrogens is 246 g/mol. The Morgan fingerprint density at radius 3 is 3.05 bits per heavy atom. The van der Waals surface area contributed by atoms with Crippen molar-refractivity contribution in [3.05, 3.63) is 18.2 Å². The van der Waals surface area contributed by atoms with Gasteiger partial charge in [0.1, 0.15) is 0 Å². The van der Waals surface area contributed by atoms with Crippen molar-refractivity contribution in [1.82, 2.24) is 5.32 Å². The minimum absolute atomic E-state index is 0.0767. The Morgan fingerprint density at radius 2 is 2.21 bits per heavy atom. The fourth-order valence-electron chi connectivity index (χ4n) is 2.44. The number of carbonyl (C=O) groups excluding carboxylic acids is 1. The number of hydrogen-bond donors (Lipinski definition) is 2. The van der Waals surface area contributed by atoms with Crippen LogP contribution in [0, 0.1) is 5.92 Å². The summed E-state index contributed by atoms with van der Waals surface area (Å²) in [5.41, 5.74) is 6.41. The number of hydrogen-bond acceptors (Lipinski definition) is 4. The molecule has 1 atom stereocenters. The maximum atomic E-state index is 12.0. The molecule has 0 radical (unpaired) electrons. The van der Waals surface area contributed by atoms with Crippen molar-refractivity contribution in [2.75, 3.05) is 31.3 Å². The Labute approximate surface area is 111 Å². The lowest BCUT2D eigenvalue weighted by Gasteiger charge is -2.33. The molecule has 2 heterocycles. The Morgan fingerprint density at radius 1 is 1.37 bits per heavy atom. The number of anilines is 1. The largest absolute Gasteiger partial charge is 0.454 e. The minimum Gasteiger partial charge on any atom is -0.454 e. The summed E-state index contributed by atoms with van der Waals surface area (Å²) in [5, 5.41) is 2.89. The summed E-state index contributed by atoms with van der Waals surface area (Å²) in [6.07, 6.45) is 0.904. The van der Waals surface area contributed by atoms with Crippen molar-refractivity contribution in [2.45, 2.75) is 6.42 Å². The molecule has 6 heteroatoms. The van der Waals surface area contributed by atoms with Crippen LogP contribution in [-0.4, -0.2) is 32.5 Å². The zero-order valence-corrected chi connectivity index (χ0v) is 10.6. The fourth-order valence-corrected chi connectivity index (χ4v) is 2.44. The summed E-state index contributed by atoms with van der Waals surface area (Å²) in [6.45, 7) is 2.25. The van der Waals surface area contributed by atoms with E-state index in [9.17, 15) is 4.79 Å². The maximum absolute atomic E-state index is 12.0. The number of ether oxygens (including phenoxy) is 2. The summed E-state index contributed by atoms with van der Waals surface area (Å²) in [4.78, 5) is 13.7. The van der Waals surface area contributed by atoms with Crippen LogP contribution in [0.3, 0.4) is 0 Å². The average molecular weight is 263 g/mol. The van der Waals surface area contributed by atoms with Crippen molar-refractivity contribution in [2.24, 2.45) is 11.7 Å². The highest BCUT2D eigenvalue weighted by Gasteiger charge is 2.27. The molecule has 0 aliphatic carbocycles. The van der Waals surface area contributed by atoms with Crippen LogP contribution in [0.15, 0.2) is 18.2 Å². The van der Waals surface area contributed by atoms with Crippen molar-refractivity contribution < 1.29 is 14.3 Å². The van der Waals surface area contributed by atoms with E-state index in [1.54, 1.807) is 4.90 Å². The quantitative estimate of drug-likeness (QED) is 0.849. The Bertz CT molecular complexity index is 492. The number of carbonyl (C=O) groups is 1. The molecule has 0 bridgehead atoms. The molecule has 0 spiro atoms. The van der Waals surface area contributed by atoms with E-state index in [0.29, 0.717) is 31.3 Å². The van der Waals surface area contributed by atoms with E-state index in [-0.39, 0.29) is 12.8 Å². The molecular formula is C13H17N3O3. The first-order valence-electron chi connectivity index (χ1n) is 6.43. The molecule has 2 amide bonds. The first-order valence-corrected chi connectivity index (χ1v) is 6.43. The standard InChI is InChI=1S/C13H17N3O3/c14-4-3-9-6-15-13(17)16(7-9)10-1-2-11-12(5-10)19-8-18-11/h1-2,5,9H,3-4,6-8,14H2,(H,15,17). The first-order chi connectivity index (χ1) is 9.28. The highest BCUT2D eigenvalue weighted by molar-refractivity contribution is 5.93. The number of urea groups is 1. The topological polar surface area (TPSA) is 76.8 Å². The van der Waals surface area contributed by atoms with Gasteiger partial charge in [-0.3, -0.25) is 4.90 Å². The van der Waals surface area contributed by atoms with E-state index in [1.165, 1.54) is 0 Å². The molecule has 1 aromatic carbocycles. The molecule has 19 heavy (non-hydrogen) atoms. The number of nitrogens with two attached hydrogens (primary N) is 1. The summed E-state index contributed by atoms with van der Waals surface area (Å²) in [7, 11) is 0. The molecule has 0 saturated carbocycles. The van der Waals surface area contributed by atoms with Crippen LogP contribution in [0.1, 0.15) is 6.42 Å². The number of fused-ring (bicyclic) bond motifs is 1. The van der Waals surface area contributed by atoms with Crippen LogP contribution in [0.5, 0.6) is 11.5 Å². The monoisotopic (exact) mass is 263 g/mol. The smallest absolute Gasteiger partial charge is 0.321 e. The zero-order valence-electron chi connectivity index (χ0n) is 10.6. The van der Waals surface area contributed by atoms with E-state index in [2.05, 4.69) is 5.32 Å². The van der Waals surface area contributed by atoms with Crippen molar-refractivity contribution in [1.29, 1.82) is 0 Å². The molecule has 6 nitrogen and oxygen atoms in total. The lowest BCUT2D eigenvalue weighted by molar-refractivity contribution is 0.174. The van der Waals surface area contributed by atoms with Crippen LogP contribution >= 0.6 is 0 Å². The van der Waals surface area contributed by atoms with Gasteiger partial charge in [0.2, 0.25) is 6.79 Å². The SMILES string of the molecule is NCCC1CNC(=O)N(c2ccc3c(c2)OCO3)C1. The highest BCUT2D eigenvalue weighted by Crippen LogP contribution is 2.36. The predicted molar refractivity (Wildman–Crippen MR) is 70.5 cm³/mol. The molecule has 2 aliphatic rings. The lowest BCUT2D eigenvalue weighted by Crippen LogP contribution is -2.51. The first kappa shape index (κ1) is 12.1. The van der Waals surface area contributed by atoms with E-state index in [4.69, 9.17) is 15.2 Å². The second kappa shape index (κ2) is 4.97. The minimum atomic E-state index is -0.0767. The second-order valence-electron chi connectivity index (χ2n) is 4.78. The van der Waals surface area contributed by atoms with E-state index in [1.807, 2.05) is 18.2 Å². The van der Waals surface area contributed by atoms with E-state index in [0.717, 1.165) is 17.9 Å². The maximum Gasteiger partial charge on any atom is 0.321 e. The zero-order chi connectivity index (χ0) is 13.2. The van der Waals surface area contributed by atoms with Crippen molar-refractivity contribution >= 4 is 11.7 Å². The molecule has 3 N–H and O–H groups in total. The van der Waals surface area contributed by atoms with Crippen LogP contribution in [-0.2, 0) is 0 Å². The fraction of sp³-hybridized carbons (Fsp3) is 0.462. The molecule has 0 aromatic heterocycles. The third-order valence-corrected chi connectivity index (χ3v) is 3.47. The van der Waals surface area contributed by atoms with Gasteiger partial charge in [-0.2, -0.15) is 0 Å². The average Bonchev–Trinajstić information content (AvgIpc) is 2.88. The van der Waals surface area contributed by atoms with Crippen LogP contribution in [0.25, 0.3) is 0 Å². The number of amides is 2. The van der Waals surface area contributed by atoms with Gasteiger partial charge < -0.3 is 20.5 Å². The number of nitrogens with zero attached hydrogens (tertiary/aromatic N) is 1. The number of rotatable bonds is 3. The molecule has 2 aliphatic heterocycles. The second-order valence-corrected chi connectivity index (χ2v) is 4.78. The highest BCUT2D eigenvalue weighted by atomic mass is 16.7. The molecule has 1 fully saturated rings. The molecule has 1 aromatic rings. The van der Waals surface area contributed by atoms with Gasteiger partial charge in [0, 0.05) is 24.8 Å². The Hall–Kier alpha value is -1.95. The Kier molecular flexibility index (Phi) is 3.16. The number of nitrogens with one attached hydrogen (secondary N) is 1. The summed E-state index contributed by atoms with van der Waals surface area (Å²) in [6, 6.07) is 5.47. The third-order valence-electron chi connectivity index (χ3n) is 3.47. The number of benzene rings is 1. The van der Waals surface area contributed by atoms with E-state index < -0.39 is 0 Å². The summed E-state index contributed by atoms with van der Waals surface area (Å²) >= 11 is 0. The predicted octanol–water partition coefficient (Wildman–Crippen LogP) is 0.910. The van der Waals surface area contributed by atoms with Crippen molar-refractivity contribution in [3.8, 4) is 11.5 Å². The van der Waals surface area contributed by atoms with Crippen LogP contribution in [0.2, 0.25) is 0 Å². The van der Waals surface area contributed by atoms with Gasteiger partial charge >= 0.3 is 6.03 Å². The lowest BCUT2D eigenvalue weighted by atomic mass is 10.0. The van der Waals surface area contributed by atoms with Gasteiger partial charge in [-0.15, -0.1) is 0 Å². The molecule has 3 rings (SSSR count). The molecule has 102 valence electrons. The molecule has 1 saturated heterocycles. The van der Waals surface area contributed by atoms with Gasteiger partial charge in [-0.25, -0.2) is 4.79 Å². The summed E-state index contributed by atoms with van der Waals surface area (Å²) < 4.78 is 10.6. The van der Waals surface area contributed by atoms with Crippen molar-refractivity contribution in [3.63, 3.8) is 0 Å². The Balaban J connectivity index is 1.81. The summed E-state index contributed by atoms with van der Waals surface area (Å²) in [5.74, 6) is 1.79. The van der Waals surface area contributed by atoms with E-state index >= 15 is 0 Å². The van der Waals surface area contributed by atoms with Gasteiger partial charge in [-0.1, -0.05) is 0 Å². The van der Waals surface area contributed by atoms with Crippen LogP contribution in [0.4, 0.5) is 10.5 Å². The third kappa shape index (κ3) is 2.31. The van der Waals surface area contributed by atoms with Gasteiger partial charge in [-0.05, 0) is 31.0 Å². The van der Waals surface area contributed by atoms with Crippen LogP contribution < -0.4 is 25.4 Å².